The van der Waals surface area contributed by atoms with Gasteiger partial charge in [0.25, 0.3) is 5.56 Å². The number of H-pyrrole nitrogens is 1. The molecule has 1 saturated carbocycles. The van der Waals surface area contributed by atoms with Crippen LogP contribution in [0.2, 0.25) is 0 Å². The molecule has 1 saturated heterocycles. The number of ketones is 1. The largest absolute Gasteiger partial charge is 0.490 e. The second-order valence-corrected chi connectivity index (χ2v) is 9.08. The predicted octanol–water partition coefficient (Wildman–Crippen LogP) is 0.935. The number of aldehydes is 1. The molecule has 1 aromatic heterocycles. The highest BCUT2D eigenvalue weighted by atomic mass is 32.1. The quantitative estimate of drug-likeness (QED) is 0.689. The van der Waals surface area contributed by atoms with E-state index >= 15 is 0 Å². The van der Waals surface area contributed by atoms with Gasteiger partial charge in [0.15, 0.2) is 5.78 Å². The van der Waals surface area contributed by atoms with Crippen LogP contribution in [0.25, 0.3) is 11.6 Å². The van der Waals surface area contributed by atoms with E-state index < -0.39 is 0 Å². The number of nitrogens with one attached hydrogen (secondary N) is 2. The number of hydrogen-bond donors (Lipinski definition) is 2. The van der Waals surface area contributed by atoms with E-state index in [2.05, 4.69) is 24.1 Å². The number of thiazole rings is 1. The molecule has 0 unspecified atom stereocenters. The minimum Gasteiger partial charge on any atom is -0.490 e. The Morgan fingerprint density at radius 1 is 1.26 bits per heavy atom. The maximum absolute atomic E-state index is 12.6. The maximum atomic E-state index is 12.6. The number of benzene rings is 1. The van der Waals surface area contributed by atoms with Crippen molar-refractivity contribution < 1.29 is 14.3 Å². The predicted molar refractivity (Wildman–Crippen MR) is 122 cm³/mol. The van der Waals surface area contributed by atoms with Crippen LogP contribution in [-0.2, 0) is 9.59 Å². The first kappa shape index (κ1) is 21.5. The van der Waals surface area contributed by atoms with Crippen molar-refractivity contribution in [1.82, 2.24) is 10.3 Å². The molecular formula is C23H27N3O4S. The summed E-state index contributed by atoms with van der Waals surface area (Å²) in [5, 5.41) is 3.27. The second-order valence-electron chi connectivity index (χ2n) is 8.03. The standard InChI is InChI=1S/C20H19N3O4S.C3H8/c24-7-5-23-6-8-27-15-2-1-12(9-14(15)23)10-16-18(26)22-19(28-16)13-11-21-20(3-4-20)17(13)25;1-3-2/h1-2,7,9-10,21H,3-6,8,11H2,(H,22,26);3H2,1-2H3/b16-10-,19-13+;. The van der Waals surface area contributed by atoms with Crippen molar-refractivity contribution in [2.45, 2.75) is 38.6 Å². The van der Waals surface area contributed by atoms with Gasteiger partial charge in [-0.3, -0.25) is 9.59 Å². The molecule has 1 spiro atoms. The number of carbonyl (C=O) groups is 2. The van der Waals surface area contributed by atoms with Gasteiger partial charge in [-0.05, 0) is 36.6 Å². The monoisotopic (exact) mass is 441 g/mol. The Kier molecular flexibility index (Phi) is 6.11. The van der Waals surface area contributed by atoms with E-state index in [9.17, 15) is 14.4 Å². The molecule has 2 N–H and O–H groups in total. The third-order valence-electron chi connectivity index (χ3n) is 5.53. The van der Waals surface area contributed by atoms with Crippen LogP contribution in [0.3, 0.4) is 0 Å². The number of aromatic amines is 1. The topological polar surface area (TPSA) is 91.5 Å². The number of rotatable bonds is 3. The van der Waals surface area contributed by atoms with E-state index in [1.807, 2.05) is 23.1 Å². The summed E-state index contributed by atoms with van der Waals surface area (Å²) < 4.78 is 6.84. The Balaban J connectivity index is 0.000000730. The minimum absolute atomic E-state index is 0.118. The van der Waals surface area contributed by atoms with Crippen molar-refractivity contribution in [2.24, 2.45) is 0 Å². The van der Waals surface area contributed by atoms with Gasteiger partial charge < -0.3 is 24.7 Å². The fourth-order valence-electron chi connectivity index (χ4n) is 3.81. The third-order valence-corrected chi connectivity index (χ3v) is 6.61. The number of hydrogen-bond acceptors (Lipinski definition) is 7. The molecule has 2 fully saturated rings. The lowest BCUT2D eigenvalue weighted by molar-refractivity contribution is -0.115. The maximum Gasteiger partial charge on any atom is 0.266 e. The Bertz CT molecular complexity index is 1180. The smallest absolute Gasteiger partial charge is 0.266 e. The fourth-order valence-corrected chi connectivity index (χ4v) is 4.80. The molecule has 31 heavy (non-hydrogen) atoms. The van der Waals surface area contributed by atoms with E-state index in [0.717, 1.165) is 36.1 Å². The zero-order valence-electron chi connectivity index (χ0n) is 17.8. The Labute approximate surface area is 184 Å². The average Bonchev–Trinajstić information content (AvgIpc) is 3.37. The van der Waals surface area contributed by atoms with Crippen molar-refractivity contribution in [3.8, 4) is 5.75 Å². The van der Waals surface area contributed by atoms with Gasteiger partial charge in [-0.15, -0.1) is 11.3 Å². The molecule has 8 heteroatoms. The number of anilines is 1. The Morgan fingerprint density at radius 2 is 2.03 bits per heavy atom. The molecule has 0 amide bonds. The van der Waals surface area contributed by atoms with Crippen LogP contribution in [0.5, 0.6) is 5.75 Å². The minimum atomic E-state index is -0.360. The number of nitrogens with zero attached hydrogens (tertiary/aromatic N) is 1. The first-order valence-electron chi connectivity index (χ1n) is 10.7. The molecule has 0 atom stereocenters. The van der Waals surface area contributed by atoms with Crippen molar-refractivity contribution in [3.63, 3.8) is 0 Å². The van der Waals surface area contributed by atoms with E-state index in [1.165, 1.54) is 17.8 Å². The Hall–Kier alpha value is -2.71. The zero-order chi connectivity index (χ0) is 22.0. The number of carbonyl (C=O) groups excluding carboxylic acids is 2. The van der Waals surface area contributed by atoms with Crippen LogP contribution >= 0.6 is 11.3 Å². The highest BCUT2D eigenvalue weighted by Crippen LogP contribution is 2.41. The first-order valence-corrected chi connectivity index (χ1v) is 11.5. The summed E-state index contributed by atoms with van der Waals surface area (Å²) >= 11 is 1.31. The lowest BCUT2D eigenvalue weighted by Crippen LogP contribution is -2.34. The van der Waals surface area contributed by atoms with Crippen LogP contribution in [-0.4, -0.2) is 48.8 Å². The number of aromatic nitrogens is 1. The number of ether oxygens (including phenoxy) is 1. The summed E-state index contributed by atoms with van der Waals surface area (Å²) in [5.41, 5.74) is 1.81. The summed E-state index contributed by atoms with van der Waals surface area (Å²) in [6, 6.07) is 5.67. The molecule has 3 aliphatic rings. The number of Topliss-reactive ketones (excluding diaryl/α,β-unsaturated/α-hetero) is 1. The lowest BCUT2D eigenvalue weighted by atomic mass is 10.1. The molecule has 5 rings (SSSR count). The van der Waals surface area contributed by atoms with Crippen molar-refractivity contribution in [1.29, 1.82) is 0 Å². The van der Waals surface area contributed by atoms with Crippen molar-refractivity contribution in [3.05, 3.63) is 43.3 Å². The summed E-state index contributed by atoms with van der Waals surface area (Å²) in [5.74, 6) is 0.853. The Morgan fingerprint density at radius 3 is 2.71 bits per heavy atom. The molecule has 164 valence electrons. The molecule has 7 nitrogen and oxygen atoms in total. The van der Waals surface area contributed by atoms with E-state index in [0.29, 0.717) is 41.0 Å². The zero-order valence-corrected chi connectivity index (χ0v) is 18.6. The van der Waals surface area contributed by atoms with Gasteiger partial charge in [0.1, 0.15) is 23.3 Å². The van der Waals surface area contributed by atoms with Crippen LogP contribution in [0.1, 0.15) is 38.7 Å². The lowest BCUT2D eigenvalue weighted by Gasteiger charge is -2.29. The fraction of sp³-hybridized carbons (Fsp3) is 0.435. The van der Waals surface area contributed by atoms with Gasteiger partial charge in [0, 0.05) is 12.1 Å². The van der Waals surface area contributed by atoms with Gasteiger partial charge in [0.05, 0.1) is 28.8 Å². The SMILES string of the molecule is CCC.O=CCN1CCOc2ccc(/C=c3\s/c(=C4\CNC5(CC5)C4=O)[nH]c3=O)cc21. The highest BCUT2D eigenvalue weighted by molar-refractivity contribution is 7.07. The summed E-state index contributed by atoms with van der Waals surface area (Å²) in [6.45, 7) is 6.25. The molecule has 1 aromatic carbocycles. The van der Waals surface area contributed by atoms with Gasteiger partial charge in [0.2, 0.25) is 0 Å². The normalized spacial score (nSPS) is 20.8. The van der Waals surface area contributed by atoms with Gasteiger partial charge in [-0.2, -0.15) is 0 Å². The third kappa shape index (κ3) is 4.22. The highest BCUT2D eigenvalue weighted by Gasteiger charge is 2.54. The average molecular weight is 442 g/mol. The van der Waals surface area contributed by atoms with Crippen LogP contribution in [0.15, 0.2) is 23.0 Å². The van der Waals surface area contributed by atoms with Gasteiger partial charge >= 0.3 is 0 Å². The molecule has 2 aliphatic heterocycles. The van der Waals surface area contributed by atoms with E-state index in [4.69, 9.17) is 4.74 Å². The van der Waals surface area contributed by atoms with Crippen LogP contribution in [0.4, 0.5) is 5.69 Å². The van der Waals surface area contributed by atoms with Gasteiger partial charge in [-0.25, -0.2) is 0 Å². The van der Waals surface area contributed by atoms with Crippen molar-refractivity contribution in [2.75, 3.05) is 31.1 Å². The summed E-state index contributed by atoms with van der Waals surface area (Å²) in [6.07, 6.45) is 5.68. The summed E-state index contributed by atoms with van der Waals surface area (Å²) in [4.78, 5) is 40.7. The van der Waals surface area contributed by atoms with Crippen LogP contribution < -0.4 is 29.7 Å². The molecule has 0 bridgehead atoms. The number of fused-ring (bicyclic) bond motifs is 1. The molecule has 1 aliphatic carbocycles. The molecule has 0 radical (unpaired) electrons. The van der Waals surface area contributed by atoms with Crippen molar-refractivity contribution >= 4 is 40.7 Å². The van der Waals surface area contributed by atoms with Gasteiger partial charge in [-0.1, -0.05) is 26.3 Å². The van der Waals surface area contributed by atoms with E-state index in [1.54, 1.807) is 6.08 Å². The van der Waals surface area contributed by atoms with E-state index in [-0.39, 0.29) is 16.9 Å². The molecule has 2 aromatic rings. The second kappa shape index (κ2) is 8.80. The molecule has 3 heterocycles. The first-order chi connectivity index (χ1) is 15.0. The molecular weight excluding hydrogens is 414 g/mol. The summed E-state index contributed by atoms with van der Waals surface area (Å²) in [7, 11) is 0. The van der Waals surface area contributed by atoms with Crippen LogP contribution in [0, 0.1) is 0 Å².